The number of hydrogen-bond acceptors (Lipinski definition) is 4. The third-order valence-corrected chi connectivity index (χ3v) is 5.83. The molecule has 1 heterocycles. The smallest absolute Gasteiger partial charge is 0.236 e. The summed E-state index contributed by atoms with van der Waals surface area (Å²) < 4.78 is 0. The van der Waals surface area contributed by atoms with Gasteiger partial charge in [-0.05, 0) is 35.7 Å². The SMILES string of the molecule is CC(C)c1ccc(-c2csc(NC(=O)CSc3ccc(Cl)cc3)n2)cc1. The van der Waals surface area contributed by atoms with Crippen molar-refractivity contribution < 1.29 is 4.79 Å². The highest BCUT2D eigenvalue weighted by Gasteiger charge is 2.09. The molecule has 0 saturated heterocycles. The summed E-state index contributed by atoms with van der Waals surface area (Å²) in [6.07, 6.45) is 0. The second-order valence-electron chi connectivity index (χ2n) is 6.11. The van der Waals surface area contributed by atoms with E-state index in [2.05, 4.69) is 48.4 Å². The number of carbonyl (C=O) groups is 1. The monoisotopic (exact) mass is 402 g/mol. The van der Waals surface area contributed by atoms with E-state index in [9.17, 15) is 4.79 Å². The number of amides is 1. The summed E-state index contributed by atoms with van der Waals surface area (Å²) in [5.74, 6) is 0.771. The number of aromatic nitrogens is 1. The van der Waals surface area contributed by atoms with Crippen LogP contribution in [0.5, 0.6) is 0 Å². The topological polar surface area (TPSA) is 42.0 Å². The van der Waals surface area contributed by atoms with Crippen molar-refractivity contribution in [2.75, 3.05) is 11.1 Å². The van der Waals surface area contributed by atoms with Crippen LogP contribution in [0.25, 0.3) is 11.3 Å². The van der Waals surface area contributed by atoms with Crippen molar-refractivity contribution in [1.29, 1.82) is 0 Å². The van der Waals surface area contributed by atoms with Crippen LogP contribution in [0.3, 0.4) is 0 Å². The van der Waals surface area contributed by atoms with Crippen molar-refractivity contribution >= 4 is 45.7 Å². The Kier molecular flexibility index (Phi) is 6.35. The highest BCUT2D eigenvalue weighted by molar-refractivity contribution is 8.00. The Labute approximate surface area is 166 Å². The maximum absolute atomic E-state index is 12.1. The van der Waals surface area contributed by atoms with E-state index >= 15 is 0 Å². The highest BCUT2D eigenvalue weighted by Crippen LogP contribution is 2.27. The molecule has 0 aliphatic carbocycles. The summed E-state index contributed by atoms with van der Waals surface area (Å²) in [7, 11) is 0. The second kappa shape index (κ2) is 8.71. The first kappa shape index (κ1) is 19.0. The van der Waals surface area contributed by atoms with E-state index in [1.54, 1.807) is 0 Å². The zero-order valence-corrected chi connectivity index (χ0v) is 16.9. The first-order valence-corrected chi connectivity index (χ1v) is 10.5. The van der Waals surface area contributed by atoms with Crippen LogP contribution in [0.15, 0.2) is 58.8 Å². The second-order valence-corrected chi connectivity index (χ2v) is 8.45. The minimum Gasteiger partial charge on any atom is -0.301 e. The van der Waals surface area contributed by atoms with Gasteiger partial charge in [-0.1, -0.05) is 49.7 Å². The molecule has 0 unspecified atom stereocenters. The number of benzene rings is 2. The Hall–Kier alpha value is -1.82. The molecule has 3 aromatic rings. The molecule has 3 nitrogen and oxygen atoms in total. The number of nitrogens with one attached hydrogen (secondary N) is 1. The Bertz CT molecular complexity index is 874. The summed E-state index contributed by atoms with van der Waals surface area (Å²) in [6.45, 7) is 4.35. The number of halogens is 1. The van der Waals surface area contributed by atoms with Crippen molar-refractivity contribution in [2.24, 2.45) is 0 Å². The van der Waals surface area contributed by atoms with Crippen molar-refractivity contribution in [1.82, 2.24) is 4.98 Å². The molecule has 3 rings (SSSR count). The molecule has 0 saturated carbocycles. The van der Waals surface area contributed by atoms with Gasteiger partial charge in [0.1, 0.15) is 0 Å². The quantitative estimate of drug-likeness (QED) is 0.490. The van der Waals surface area contributed by atoms with Gasteiger partial charge in [0.25, 0.3) is 0 Å². The predicted octanol–water partition coefficient (Wildman–Crippen LogP) is 6.32. The Morgan fingerprint density at radius 1 is 1.15 bits per heavy atom. The average molecular weight is 403 g/mol. The predicted molar refractivity (Wildman–Crippen MR) is 112 cm³/mol. The molecular weight excluding hydrogens is 384 g/mol. The molecular formula is C20H19ClN2OS2. The summed E-state index contributed by atoms with van der Waals surface area (Å²) in [5.41, 5.74) is 3.24. The lowest BCUT2D eigenvalue weighted by molar-refractivity contribution is -0.113. The first-order valence-electron chi connectivity index (χ1n) is 8.25. The molecule has 26 heavy (non-hydrogen) atoms. The van der Waals surface area contributed by atoms with Gasteiger partial charge in [0.2, 0.25) is 5.91 Å². The van der Waals surface area contributed by atoms with Gasteiger partial charge < -0.3 is 5.32 Å². The first-order chi connectivity index (χ1) is 12.5. The fourth-order valence-electron chi connectivity index (χ4n) is 2.34. The average Bonchev–Trinajstić information content (AvgIpc) is 3.10. The van der Waals surface area contributed by atoms with E-state index < -0.39 is 0 Å². The van der Waals surface area contributed by atoms with Crippen LogP contribution in [0, 0.1) is 0 Å². The van der Waals surface area contributed by atoms with Crippen molar-refractivity contribution in [2.45, 2.75) is 24.7 Å². The van der Waals surface area contributed by atoms with Gasteiger partial charge in [0, 0.05) is 20.9 Å². The Balaban J connectivity index is 1.57. The number of thiazole rings is 1. The minimum absolute atomic E-state index is 0.0685. The maximum Gasteiger partial charge on any atom is 0.236 e. The van der Waals surface area contributed by atoms with Gasteiger partial charge >= 0.3 is 0 Å². The highest BCUT2D eigenvalue weighted by atomic mass is 35.5. The van der Waals surface area contributed by atoms with Gasteiger partial charge in [-0.25, -0.2) is 4.98 Å². The van der Waals surface area contributed by atoms with E-state index in [0.717, 1.165) is 16.2 Å². The standard InChI is InChI=1S/C20H19ClN2OS2/c1-13(2)14-3-5-15(6-4-14)18-11-26-20(22-18)23-19(24)12-25-17-9-7-16(21)8-10-17/h3-11,13H,12H2,1-2H3,(H,22,23,24). The van der Waals surface area contributed by atoms with E-state index in [0.29, 0.717) is 21.8 Å². The molecule has 0 radical (unpaired) electrons. The summed E-state index contributed by atoms with van der Waals surface area (Å²) in [6, 6.07) is 15.9. The number of carbonyl (C=O) groups excluding carboxylic acids is 1. The lowest BCUT2D eigenvalue weighted by Crippen LogP contribution is -2.13. The molecule has 0 spiro atoms. The molecule has 0 aliphatic rings. The van der Waals surface area contributed by atoms with Crippen LogP contribution in [-0.4, -0.2) is 16.6 Å². The molecule has 0 fully saturated rings. The molecule has 1 aromatic heterocycles. The van der Waals surface area contributed by atoms with E-state index in [1.165, 1.54) is 28.7 Å². The van der Waals surface area contributed by atoms with Gasteiger partial charge in [0.15, 0.2) is 5.13 Å². The van der Waals surface area contributed by atoms with Crippen LogP contribution in [0.2, 0.25) is 5.02 Å². The van der Waals surface area contributed by atoms with Crippen molar-refractivity contribution in [3.63, 3.8) is 0 Å². The third kappa shape index (κ3) is 5.10. The van der Waals surface area contributed by atoms with Crippen LogP contribution in [0.1, 0.15) is 25.3 Å². The number of anilines is 1. The molecule has 0 bridgehead atoms. The van der Waals surface area contributed by atoms with Crippen molar-refractivity contribution in [3.05, 3.63) is 64.5 Å². The van der Waals surface area contributed by atoms with E-state index in [4.69, 9.17) is 11.6 Å². The molecule has 6 heteroatoms. The zero-order chi connectivity index (χ0) is 18.5. The lowest BCUT2D eigenvalue weighted by Gasteiger charge is -2.05. The normalized spacial score (nSPS) is 10.9. The minimum atomic E-state index is -0.0685. The largest absolute Gasteiger partial charge is 0.301 e. The van der Waals surface area contributed by atoms with Crippen LogP contribution < -0.4 is 5.32 Å². The number of hydrogen-bond donors (Lipinski definition) is 1. The number of nitrogens with zero attached hydrogens (tertiary/aromatic N) is 1. The summed E-state index contributed by atoms with van der Waals surface area (Å²) >= 11 is 8.77. The van der Waals surface area contributed by atoms with E-state index in [-0.39, 0.29) is 5.91 Å². The maximum atomic E-state index is 12.1. The summed E-state index contributed by atoms with van der Waals surface area (Å²) in [4.78, 5) is 17.7. The molecule has 134 valence electrons. The van der Waals surface area contributed by atoms with Gasteiger partial charge in [-0.2, -0.15) is 0 Å². The lowest BCUT2D eigenvalue weighted by atomic mass is 10.0. The van der Waals surface area contributed by atoms with Crippen LogP contribution in [-0.2, 0) is 4.79 Å². The Morgan fingerprint density at radius 2 is 1.85 bits per heavy atom. The number of thioether (sulfide) groups is 1. The van der Waals surface area contributed by atoms with E-state index in [1.807, 2.05) is 29.6 Å². The van der Waals surface area contributed by atoms with Crippen LogP contribution >= 0.6 is 34.7 Å². The molecule has 1 amide bonds. The Morgan fingerprint density at radius 3 is 2.50 bits per heavy atom. The van der Waals surface area contributed by atoms with Gasteiger partial charge in [0.05, 0.1) is 11.4 Å². The fraction of sp³-hybridized carbons (Fsp3) is 0.200. The summed E-state index contributed by atoms with van der Waals surface area (Å²) in [5, 5.41) is 6.14. The molecule has 0 atom stereocenters. The van der Waals surface area contributed by atoms with Crippen LogP contribution in [0.4, 0.5) is 5.13 Å². The molecule has 2 aromatic carbocycles. The van der Waals surface area contributed by atoms with Gasteiger partial charge in [-0.15, -0.1) is 23.1 Å². The van der Waals surface area contributed by atoms with Gasteiger partial charge in [-0.3, -0.25) is 4.79 Å². The third-order valence-electron chi connectivity index (χ3n) is 3.81. The number of rotatable bonds is 6. The zero-order valence-electron chi connectivity index (χ0n) is 14.5. The fourth-order valence-corrected chi connectivity index (χ4v) is 3.90. The molecule has 1 N–H and O–H groups in total. The van der Waals surface area contributed by atoms with Crippen molar-refractivity contribution in [3.8, 4) is 11.3 Å². The molecule has 0 aliphatic heterocycles.